The summed E-state index contributed by atoms with van der Waals surface area (Å²) in [5, 5.41) is 7.39. The molecule has 0 spiro atoms. The number of benzene rings is 2. The molecular formula is C21H23N3O2S. The van der Waals surface area contributed by atoms with Crippen LogP contribution in [-0.4, -0.2) is 26.2 Å². The van der Waals surface area contributed by atoms with E-state index >= 15 is 0 Å². The number of nitrogens with one attached hydrogen (secondary N) is 1. The van der Waals surface area contributed by atoms with E-state index in [0.717, 1.165) is 28.1 Å². The van der Waals surface area contributed by atoms with Gasteiger partial charge < -0.3 is 5.32 Å². The fraction of sp³-hybridized carbons (Fsp3) is 0.238. The number of hydrogen-bond acceptors (Lipinski definition) is 3. The molecule has 0 aliphatic heterocycles. The molecule has 27 heavy (non-hydrogen) atoms. The third-order valence-corrected chi connectivity index (χ3v) is 5.15. The summed E-state index contributed by atoms with van der Waals surface area (Å²) in [6.45, 7) is 6.01. The third-order valence-electron chi connectivity index (χ3n) is 4.41. The zero-order valence-corrected chi connectivity index (χ0v) is 16.8. The Labute approximate surface area is 161 Å². The molecule has 1 atom stereocenters. The van der Waals surface area contributed by atoms with Gasteiger partial charge in [0, 0.05) is 28.4 Å². The molecule has 5 nitrogen and oxygen atoms in total. The van der Waals surface area contributed by atoms with Crippen LogP contribution in [-0.2, 0) is 16.6 Å². The van der Waals surface area contributed by atoms with E-state index in [-0.39, 0.29) is 5.91 Å². The van der Waals surface area contributed by atoms with Crippen molar-refractivity contribution in [2.75, 3.05) is 11.6 Å². The lowest BCUT2D eigenvalue weighted by Gasteiger charge is -2.10. The smallest absolute Gasteiger partial charge is 0.255 e. The zero-order chi connectivity index (χ0) is 19.6. The van der Waals surface area contributed by atoms with Crippen molar-refractivity contribution in [3.63, 3.8) is 0 Å². The largest absolute Gasteiger partial charge is 0.319 e. The van der Waals surface area contributed by atoms with Crippen LogP contribution in [0.4, 0.5) is 5.69 Å². The Bertz CT molecular complexity index is 1020. The van der Waals surface area contributed by atoms with Crippen LogP contribution in [0.1, 0.15) is 32.7 Å². The number of rotatable bonds is 5. The molecule has 1 aromatic heterocycles. The first-order valence-electron chi connectivity index (χ1n) is 8.67. The molecule has 0 saturated heterocycles. The van der Waals surface area contributed by atoms with E-state index in [1.807, 2.05) is 37.6 Å². The lowest BCUT2D eigenvalue weighted by atomic mass is 10.1. The number of anilines is 1. The van der Waals surface area contributed by atoms with E-state index in [4.69, 9.17) is 0 Å². The van der Waals surface area contributed by atoms with Gasteiger partial charge in [-0.15, -0.1) is 0 Å². The SMILES string of the molecule is Cc1ccc(C)c(-n2ncc(NC(=O)c3cccc(C[S@@](C)=O)c3)c2C)c1. The Morgan fingerprint density at radius 2 is 1.93 bits per heavy atom. The molecule has 1 amide bonds. The standard InChI is InChI=1S/C21H23N3O2S/c1-14-8-9-15(2)20(10-14)24-16(3)19(12-22-24)23-21(25)18-7-5-6-17(11-18)13-27(4)26/h5-12H,13H2,1-4H3,(H,23,25)/t27-/m1/s1. The molecule has 3 rings (SSSR count). The Balaban J connectivity index is 1.85. The van der Waals surface area contributed by atoms with Crippen LogP contribution in [0.2, 0.25) is 0 Å². The minimum atomic E-state index is -0.947. The number of carbonyl (C=O) groups excluding carboxylic acids is 1. The number of hydrogen-bond donors (Lipinski definition) is 1. The minimum Gasteiger partial charge on any atom is -0.319 e. The highest BCUT2D eigenvalue weighted by Crippen LogP contribution is 2.22. The molecule has 6 heteroatoms. The summed E-state index contributed by atoms with van der Waals surface area (Å²) in [7, 11) is -0.947. The average molecular weight is 382 g/mol. The lowest BCUT2D eigenvalue weighted by molar-refractivity contribution is 0.102. The lowest BCUT2D eigenvalue weighted by Crippen LogP contribution is -2.13. The van der Waals surface area contributed by atoms with Crippen LogP contribution in [0.25, 0.3) is 5.69 Å². The minimum absolute atomic E-state index is 0.206. The van der Waals surface area contributed by atoms with Gasteiger partial charge in [-0.3, -0.25) is 9.00 Å². The van der Waals surface area contributed by atoms with Crippen LogP contribution in [0.15, 0.2) is 48.7 Å². The number of aromatic nitrogens is 2. The summed E-state index contributed by atoms with van der Waals surface area (Å²) in [5.74, 6) is 0.229. The second-order valence-electron chi connectivity index (χ2n) is 6.72. The zero-order valence-electron chi connectivity index (χ0n) is 15.9. The normalized spacial score (nSPS) is 12.0. The van der Waals surface area contributed by atoms with Gasteiger partial charge in [0.1, 0.15) is 0 Å². The molecule has 0 bridgehead atoms. The van der Waals surface area contributed by atoms with Crippen molar-refractivity contribution >= 4 is 22.4 Å². The number of amides is 1. The maximum Gasteiger partial charge on any atom is 0.255 e. The molecule has 3 aromatic rings. The van der Waals surface area contributed by atoms with Crippen LogP contribution in [0, 0.1) is 20.8 Å². The molecule has 1 N–H and O–H groups in total. The van der Waals surface area contributed by atoms with E-state index in [1.54, 1.807) is 24.6 Å². The fourth-order valence-corrected chi connectivity index (χ4v) is 3.60. The summed E-state index contributed by atoms with van der Waals surface area (Å²) in [6, 6.07) is 13.4. The summed E-state index contributed by atoms with van der Waals surface area (Å²) in [4.78, 5) is 12.6. The Morgan fingerprint density at radius 1 is 1.15 bits per heavy atom. The maximum absolute atomic E-state index is 12.6. The Hall–Kier alpha value is -2.73. The second kappa shape index (κ2) is 7.88. The summed E-state index contributed by atoms with van der Waals surface area (Å²) in [6.07, 6.45) is 3.32. The highest BCUT2D eigenvalue weighted by atomic mass is 32.2. The van der Waals surface area contributed by atoms with E-state index in [1.165, 1.54) is 0 Å². The number of carbonyl (C=O) groups is 1. The van der Waals surface area contributed by atoms with Crippen molar-refractivity contribution in [3.05, 3.63) is 76.6 Å². The molecular weight excluding hydrogens is 358 g/mol. The molecule has 2 aromatic carbocycles. The molecule has 140 valence electrons. The molecule has 0 fully saturated rings. The number of aryl methyl sites for hydroxylation is 2. The average Bonchev–Trinajstić information content (AvgIpc) is 2.97. The van der Waals surface area contributed by atoms with Crippen molar-refractivity contribution in [3.8, 4) is 5.69 Å². The van der Waals surface area contributed by atoms with Gasteiger partial charge in [-0.2, -0.15) is 5.10 Å². The predicted octanol–water partition coefficient (Wildman–Crippen LogP) is 3.93. The van der Waals surface area contributed by atoms with E-state index in [0.29, 0.717) is 17.0 Å². The third kappa shape index (κ3) is 4.34. The highest BCUT2D eigenvalue weighted by molar-refractivity contribution is 7.83. The van der Waals surface area contributed by atoms with Gasteiger partial charge in [0.2, 0.25) is 0 Å². The van der Waals surface area contributed by atoms with Gasteiger partial charge in [0.25, 0.3) is 5.91 Å². The van der Waals surface area contributed by atoms with Gasteiger partial charge in [0.15, 0.2) is 0 Å². The summed E-state index contributed by atoms with van der Waals surface area (Å²) < 4.78 is 13.3. The first-order valence-corrected chi connectivity index (χ1v) is 10.4. The van der Waals surface area contributed by atoms with Crippen LogP contribution >= 0.6 is 0 Å². The van der Waals surface area contributed by atoms with Gasteiger partial charge in [-0.25, -0.2) is 4.68 Å². The van der Waals surface area contributed by atoms with Gasteiger partial charge >= 0.3 is 0 Å². The highest BCUT2D eigenvalue weighted by Gasteiger charge is 2.14. The van der Waals surface area contributed by atoms with Crippen molar-refractivity contribution < 1.29 is 9.00 Å². The molecule has 1 heterocycles. The van der Waals surface area contributed by atoms with Gasteiger partial charge in [-0.05, 0) is 55.7 Å². The quantitative estimate of drug-likeness (QED) is 0.728. The Morgan fingerprint density at radius 3 is 2.67 bits per heavy atom. The fourth-order valence-electron chi connectivity index (χ4n) is 2.95. The van der Waals surface area contributed by atoms with E-state index in [2.05, 4.69) is 28.6 Å². The summed E-state index contributed by atoms with van der Waals surface area (Å²) in [5.41, 5.74) is 6.22. The van der Waals surface area contributed by atoms with Crippen molar-refractivity contribution in [1.82, 2.24) is 9.78 Å². The van der Waals surface area contributed by atoms with Gasteiger partial charge in [-0.1, -0.05) is 24.3 Å². The van der Waals surface area contributed by atoms with Crippen molar-refractivity contribution in [1.29, 1.82) is 0 Å². The van der Waals surface area contributed by atoms with Crippen LogP contribution in [0.3, 0.4) is 0 Å². The van der Waals surface area contributed by atoms with E-state index in [9.17, 15) is 9.00 Å². The molecule has 0 aliphatic carbocycles. The monoisotopic (exact) mass is 381 g/mol. The van der Waals surface area contributed by atoms with Crippen molar-refractivity contribution in [2.24, 2.45) is 0 Å². The van der Waals surface area contributed by atoms with Gasteiger partial charge in [0.05, 0.1) is 23.3 Å². The maximum atomic E-state index is 12.6. The molecule has 0 radical (unpaired) electrons. The first-order chi connectivity index (χ1) is 12.8. The number of nitrogens with zero attached hydrogens (tertiary/aromatic N) is 2. The van der Waals surface area contributed by atoms with Crippen LogP contribution < -0.4 is 5.32 Å². The Kier molecular flexibility index (Phi) is 5.56. The topological polar surface area (TPSA) is 64.0 Å². The first kappa shape index (κ1) is 19.0. The summed E-state index contributed by atoms with van der Waals surface area (Å²) >= 11 is 0. The second-order valence-corrected chi connectivity index (χ2v) is 8.15. The van der Waals surface area contributed by atoms with E-state index < -0.39 is 10.8 Å². The molecule has 0 saturated carbocycles. The van der Waals surface area contributed by atoms with Crippen molar-refractivity contribution in [2.45, 2.75) is 26.5 Å². The molecule has 0 aliphatic rings. The molecule has 0 unspecified atom stereocenters. The van der Waals surface area contributed by atoms with Crippen LogP contribution in [0.5, 0.6) is 0 Å². The predicted molar refractivity (Wildman–Crippen MR) is 110 cm³/mol.